The highest BCUT2D eigenvalue weighted by Crippen LogP contribution is 2.42. The summed E-state index contributed by atoms with van der Waals surface area (Å²) < 4.78 is 51.5. The number of nitrogens with one attached hydrogen (secondary N) is 1. The summed E-state index contributed by atoms with van der Waals surface area (Å²) >= 11 is 0. The molecule has 4 aliphatic rings. The molecule has 226 valence electrons. The fourth-order valence-electron chi connectivity index (χ4n) is 7.87. The zero-order valence-electron chi connectivity index (χ0n) is 24.0. The first-order chi connectivity index (χ1) is 21.3. The second-order valence-electron chi connectivity index (χ2n) is 12.6. The van der Waals surface area contributed by atoms with Gasteiger partial charge in [0, 0.05) is 49.1 Å². The molecule has 4 aromatic rings. The quantitative estimate of drug-likeness (QED) is 0.252. The van der Waals surface area contributed by atoms with Gasteiger partial charge in [-0.15, -0.1) is 6.42 Å². The molecule has 2 aromatic carbocycles. The highest BCUT2D eigenvalue weighted by Gasteiger charge is 2.49. The maximum Gasteiger partial charge on any atom is 0.319 e. The number of pyridine rings is 1. The molecule has 11 heteroatoms. The average Bonchev–Trinajstić information content (AvgIpc) is 3.65. The Labute approximate surface area is 252 Å². The molecule has 8 rings (SSSR count). The number of aromatic hydroxyl groups is 1. The number of phenols is 1. The summed E-state index contributed by atoms with van der Waals surface area (Å²) in [5.74, 6) is 1.26. The molecule has 0 radical (unpaired) electrons. The van der Waals surface area contributed by atoms with Crippen molar-refractivity contribution in [2.75, 3.05) is 37.7 Å². The SMILES string of the molecule is C#Cc1c(F)ccc2cc(O)cc(-c3cc4nc(OC[C@@]56CCCN5C[C@H](F)C6)nc(N5CC6CCC(C5)N6)c4nc3F)c12. The summed E-state index contributed by atoms with van der Waals surface area (Å²) in [5.41, 5.74) is 0.379. The van der Waals surface area contributed by atoms with Gasteiger partial charge in [0.1, 0.15) is 29.9 Å². The Balaban J connectivity index is 1.27. The van der Waals surface area contributed by atoms with Crippen LogP contribution in [0.3, 0.4) is 0 Å². The lowest BCUT2D eigenvalue weighted by Crippen LogP contribution is -2.51. The highest BCUT2D eigenvalue weighted by atomic mass is 19.1. The number of alkyl halides is 1. The molecule has 2 unspecified atom stereocenters. The predicted octanol–water partition coefficient (Wildman–Crippen LogP) is 4.71. The van der Waals surface area contributed by atoms with E-state index in [9.17, 15) is 13.9 Å². The van der Waals surface area contributed by atoms with Crippen molar-refractivity contribution in [1.82, 2.24) is 25.2 Å². The van der Waals surface area contributed by atoms with Crippen molar-refractivity contribution in [2.45, 2.75) is 55.9 Å². The molecule has 4 fully saturated rings. The molecule has 0 spiro atoms. The minimum absolute atomic E-state index is 0.00751. The zero-order chi connectivity index (χ0) is 30.2. The molecule has 2 N–H and O–H groups in total. The second-order valence-corrected chi connectivity index (χ2v) is 12.6. The summed E-state index contributed by atoms with van der Waals surface area (Å²) in [4.78, 5) is 18.1. The Bertz CT molecular complexity index is 1850. The zero-order valence-corrected chi connectivity index (χ0v) is 24.0. The molecule has 2 bridgehead atoms. The van der Waals surface area contributed by atoms with Crippen molar-refractivity contribution < 1.29 is 23.0 Å². The Morgan fingerprint density at radius 1 is 1.07 bits per heavy atom. The summed E-state index contributed by atoms with van der Waals surface area (Å²) in [7, 11) is 0. The summed E-state index contributed by atoms with van der Waals surface area (Å²) in [6.45, 7) is 2.84. The fourth-order valence-corrected chi connectivity index (χ4v) is 7.87. The van der Waals surface area contributed by atoms with Gasteiger partial charge in [-0.25, -0.2) is 13.8 Å². The first kappa shape index (κ1) is 27.4. The number of phenolic OH excluding ortho intramolecular Hbond substituents is 1. The van der Waals surface area contributed by atoms with Gasteiger partial charge < -0.3 is 20.1 Å². The van der Waals surface area contributed by atoms with E-state index in [4.69, 9.17) is 16.1 Å². The van der Waals surface area contributed by atoms with Crippen LogP contribution >= 0.6 is 0 Å². The number of aromatic nitrogens is 3. The van der Waals surface area contributed by atoms with Gasteiger partial charge in [0.05, 0.1) is 16.6 Å². The fraction of sp³-hybridized carbons (Fsp3) is 0.424. The Morgan fingerprint density at radius 2 is 1.89 bits per heavy atom. The Morgan fingerprint density at radius 3 is 2.68 bits per heavy atom. The number of hydrogen-bond acceptors (Lipinski definition) is 8. The van der Waals surface area contributed by atoms with Crippen molar-refractivity contribution in [2.24, 2.45) is 0 Å². The Kier molecular flexibility index (Phi) is 6.36. The molecule has 6 heterocycles. The van der Waals surface area contributed by atoms with Crippen LogP contribution in [0.4, 0.5) is 19.0 Å². The van der Waals surface area contributed by atoms with Crippen molar-refractivity contribution in [3.63, 3.8) is 0 Å². The topological polar surface area (TPSA) is 86.6 Å². The standard InChI is InChI=1S/C33H31F3N6O2/c1-2-23-26(35)7-4-18-10-22(43)11-24(28(18)23)25-12-27-29(39-30(25)36)31(41-15-20-5-6-21(16-41)37-20)40-32(38-27)44-17-33-8-3-9-42(33)14-19(34)13-33/h1,4,7,10-12,19-21,37,43H,3,5-6,8-9,13-17H2/t19-,20?,21?,33+/m1/s1. The van der Waals surface area contributed by atoms with Gasteiger partial charge in [-0.1, -0.05) is 12.0 Å². The number of rotatable bonds is 5. The van der Waals surface area contributed by atoms with Crippen LogP contribution in [-0.2, 0) is 0 Å². The number of fused-ring (bicyclic) bond motifs is 5. The van der Waals surface area contributed by atoms with Crippen molar-refractivity contribution in [3.8, 4) is 35.2 Å². The number of nitrogens with zero attached hydrogens (tertiary/aromatic N) is 5. The predicted molar refractivity (Wildman–Crippen MR) is 160 cm³/mol. The van der Waals surface area contributed by atoms with Gasteiger partial charge >= 0.3 is 6.01 Å². The first-order valence-electron chi connectivity index (χ1n) is 15.1. The lowest BCUT2D eigenvalue weighted by atomic mass is 9.94. The van der Waals surface area contributed by atoms with E-state index < -0.39 is 23.5 Å². The molecular weight excluding hydrogens is 569 g/mol. The molecule has 8 nitrogen and oxygen atoms in total. The van der Waals surface area contributed by atoms with E-state index >= 15 is 4.39 Å². The monoisotopic (exact) mass is 600 g/mol. The van der Waals surface area contributed by atoms with Crippen LogP contribution in [0, 0.1) is 24.1 Å². The maximum atomic E-state index is 16.1. The van der Waals surface area contributed by atoms with Crippen LogP contribution in [0.15, 0.2) is 30.3 Å². The number of terminal acetylenes is 1. The van der Waals surface area contributed by atoms with E-state index in [0.29, 0.717) is 42.8 Å². The van der Waals surface area contributed by atoms with E-state index in [2.05, 4.69) is 31.0 Å². The Hall–Kier alpha value is -4.14. The van der Waals surface area contributed by atoms with Crippen molar-refractivity contribution >= 4 is 27.6 Å². The molecule has 4 saturated heterocycles. The third kappa shape index (κ3) is 4.42. The van der Waals surface area contributed by atoms with E-state index in [-0.39, 0.29) is 58.0 Å². The molecular formula is C33H31F3N6O2. The number of halogens is 3. The van der Waals surface area contributed by atoms with Gasteiger partial charge in [0.15, 0.2) is 5.82 Å². The van der Waals surface area contributed by atoms with Gasteiger partial charge in [0.2, 0.25) is 5.95 Å². The first-order valence-corrected chi connectivity index (χ1v) is 15.1. The smallest absolute Gasteiger partial charge is 0.319 e. The van der Waals surface area contributed by atoms with Crippen LogP contribution in [0.25, 0.3) is 32.9 Å². The lowest BCUT2D eigenvalue weighted by Gasteiger charge is -2.34. The van der Waals surface area contributed by atoms with Crippen molar-refractivity contribution in [1.29, 1.82) is 0 Å². The molecule has 0 aliphatic carbocycles. The second kappa shape index (κ2) is 10.2. The minimum Gasteiger partial charge on any atom is -0.508 e. The molecule has 2 aromatic heterocycles. The maximum absolute atomic E-state index is 16.1. The molecule has 0 amide bonds. The average molecular weight is 601 g/mol. The third-order valence-corrected chi connectivity index (χ3v) is 9.82. The van der Waals surface area contributed by atoms with E-state index in [1.165, 1.54) is 30.3 Å². The van der Waals surface area contributed by atoms with Crippen LogP contribution in [-0.4, -0.2) is 81.5 Å². The summed E-state index contributed by atoms with van der Waals surface area (Å²) in [6, 6.07) is 7.72. The van der Waals surface area contributed by atoms with Crippen LogP contribution in [0.1, 0.15) is 37.7 Å². The third-order valence-electron chi connectivity index (χ3n) is 9.82. The number of hydrogen-bond donors (Lipinski definition) is 2. The largest absolute Gasteiger partial charge is 0.508 e. The van der Waals surface area contributed by atoms with E-state index in [1.807, 2.05) is 0 Å². The van der Waals surface area contributed by atoms with Crippen LogP contribution in [0.2, 0.25) is 0 Å². The van der Waals surface area contributed by atoms with Crippen LogP contribution in [0.5, 0.6) is 11.8 Å². The molecule has 0 saturated carbocycles. The summed E-state index contributed by atoms with van der Waals surface area (Å²) in [6.07, 6.45) is 9.09. The van der Waals surface area contributed by atoms with E-state index in [1.54, 1.807) is 0 Å². The summed E-state index contributed by atoms with van der Waals surface area (Å²) in [5, 5.41) is 14.9. The van der Waals surface area contributed by atoms with Crippen LogP contribution < -0.4 is 15.0 Å². The number of ether oxygens (including phenoxy) is 1. The van der Waals surface area contributed by atoms with Crippen molar-refractivity contribution in [3.05, 3.63) is 47.7 Å². The minimum atomic E-state index is -0.895. The lowest BCUT2D eigenvalue weighted by molar-refractivity contribution is 0.107. The normalized spacial score (nSPS) is 26.4. The van der Waals surface area contributed by atoms with Gasteiger partial charge in [-0.3, -0.25) is 4.90 Å². The number of anilines is 1. The van der Waals surface area contributed by atoms with E-state index in [0.717, 1.165) is 32.2 Å². The number of benzene rings is 2. The van der Waals surface area contributed by atoms with Gasteiger partial charge in [-0.2, -0.15) is 14.4 Å². The molecule has 4 atom stereocenters. The number of piperazine rings is 1. The molecule has 44 heavy (non-hydrogen) atoms. The van der Waals surface area contributed by atoms with Gasteiger partial charge in [-0.05, 0) is 67.4 Å². The highest BCUT2D eigenvalue weighted by molar-refractivity contribution is 6.03. The molecule has 4 aliphatic heterocycles. The van der Waals surface area contributed by atoms with Gasteiger partial charge in [0.25, 0.3) is 0 Å².